The summed E-state index contributed by atoms with van der Waals surface area (Å²) in [5.74, 6) is -4.44. The van der Waals surface area contributed by atoms with Crippen molar-refractivity contribution in [2.75, 3.05) is 18.0 Å². The Morgan fingerprint density at radius 2 is 1.91 bits per heavy atom. The monoisotopic (exact) mass is 489 g/mol. The number of carbonyl (C=O) groups is 2. The molecule has 1 aliphatic heterocycles. The summed E-state index contributed by atoms with van der Waals surface area (Å²) in [6.07, 6.45) is -2.42. The van der Waals surface area contributed by atoms with Gasteiger partial charge in [-0.2, -0.15) is 13.2 Å². The van der Waals surface area contributed by atoms with E-state index in [1.54, 1.807) is 18.4 Å². The van der Waals surface area contributed by atoms with Gasteiger partial charge >= 0.3 is 18.1 Å². The minimum Gasteiger partial charge on any atom is -0.477 e. The van der Waals surface area contributed by atoms with Crippen LogP contribution >= 0.6 is 11.6 Å². The molecule has 12 heteroatoms. The van der Waals surface area contributed by atoms with Gasteiger partial charge in [-0.15, -0.1) is 0 Å². The summed E-state index contributed by atoms with van der Waals surface area (Å²) < 4.78 is 55.0. The van der Waals surface area contributed by atoms with Gasteiger partial charge in [-0.3, -0.25) is 9.59 Å². The normalized spacial score (nSPS) is 20.3. The van der Waals surface area contributed by atoms with Gasteiger partial charge in [0.05, 0.1) is 27.7 Å². The predicted octanol–water partition coefficient (Wildman–Crippen LogP) is 3.72. The minimum absolute atomic E-state index is 0.0822. The maximum atomic E-state index is 15.2. The van der Waals surface area contributed by atoms with Crippen LogP contribution in [0.25, 0.3) is 10.9 Å². The Labute approximate surface area is 189 Å². The van der Waals surface area contributed by atoms with Gasteiger partial charge < -0.3 is 19.9 Å². The van der Waals surface area contributed by atoms with Crippen LogP contribution in [0.3, 0.4) is 0 Å². The second-order valence-electron chi connectivity index (χ2n) is 9.13. The molecule has 1 saturated carbocycles. The number of rotatable bonds is 4. The number of fused-ring (bicyclic) bond motifs is 1. The number of nitrogens with zero attached hydrogens (tertiary/aromatic N) is 2. The maximum Gasteiger partial charge on any atom is 0.471 e. The number of halogens is 5. The van der Waals surface area contributed by atoms with Crippen LogP contribution in [0.1, 0.15) is 43.1 Å². The van der Waals surface area contributed by atoms with E-state index in [0.717, 1.165) is 18.9 Å². The van der Waals surface area contributed by atoms with Crippen LogP contribution in [-0.4, -0.2) is 46.9 Å². The number of aromatic nitrogens is 1. The molecular weight excluding hydrogens is 470 g/mol. The van der Waals surface area contributed by atoms with Crippen molar-refractivity contribution in [3.63, 3.8) is 0 Å². The topological polar surface area (TPSA) is 91.6 Å². The van der Waals surface area contributed by atoms with Crippen molar-refractivity contribution in [3.8, 4) is 0 Å². The summed E-state index contributed by atoms with van der Waals surface area (Å²) in [4.78, 5) is 37.1. The second kappa shape index (κ2) is 7.61. The summed E-state index contributed by atoms with van der Waals surface area (Å²) in [6.45, 7) is 3.22. The molecule has 33 heavy (non-hydrogen) atoms. The van der Waals surface area contributed by atoms with Crippen LogP contribution in [-0.2, 0) is 4.79 Å². The van der Waals surface area contributed by atoms with E-state index in [-0.39, 0.29) is 40.7 Å². The van der Waals surface area contributed by atoms with E-state index in [4.69, 9.17) is 11.6 Å². The van der Waals surface area contributed by atoms with Gasteiger partial charge in [-0.25, -0.2) is 9.18 Å². The minimum atomic E-state index is -5.06. The molecular formula is C21H20ClF4N3O4. The first-order valence-corrected chi connectivity index (χ1v) is 10.5. The van der Waals surface area contributed by atoms with Crippen molar-refractivity contribution in [2.45, 2.75) is 44.9 Å². The fraction of sp³-hybridized carbons (Fsp3) is 0.476. The van der Waals surface area contributed by atoms with Crippen LogP contribution in [0.15, 0.2) is 17.1 Å². The summed E-state index contributed by atoms with van der Waals surface area (Å²) >= 11 is 6.57. The third-order valence-electron chi connectivity index (χ3n) is 6.18. The quantitative estimate of drug-likeness (QED) is 0.639. The number of hydrogen-bond donors (Lipinski definition) is 2. The van der Waals surface area contributed by atoms with Crippen molar-refractivity contribution in [2.24, 2.45) is 5.41 Å². The van der Waals surface area contributed by atoms with Gasteiger partial charge in [0.2, 0.25) is 5.43 Å². The molecule has 1 saturated heterocycles. The van der Waals surface area contributed by atoms with E-state index >= 15 is 4.39 Å². The molecule has 0 bridgehead atoms. The van der Waals surface area contributed by atoms with Gasteiger partial charge in [0.25, 0.3) is 0 Å². The van der Waals surface area contributed by atoms with Crippen molar-refractivity contribution in [3.05, 3.63) is 38.9 Å². The first-order valence-electron chi connectivity index (χ1n) is 10.1. The lowest BCUT2D eigenvalue weighted by Crippen LogP contribution is -2.49. The molecule has 4 rings (SSSR count). The Kier molecular flexibility index (Phi) is 5.38. The zero-order chi connectivity index (χ0) is 24.5. The molecule has 0 spiro atoms. The van der Waals surface area contributed by atoms with Gasteiger partial charge in [0.15, 0.2) is 0 Å². The van der Waals surface area contributed by atoms with Crippen molar-refractivity contribution in [1.29, 1.82) is 0 Å². The fourth-order valence-corrected chi connectivity index (χ4v) is 4.71. The van der Waals surface area contributed by atoms with E-state index in [2.05, 4.69) is 0 Å². The number of aromatic carboxylic acids is 1. The van der Waals surface area contributed by atoms with Crippen LogP contribution in [0.5, 0.6) is 0 Å². The van der Waals surface area contributed by atoms with Crippen LogP contribution in [0.2, 0.25) is 5.02 Å². The Morgan fingerprint density at radius 3 is 2.45 bits per heavy atom. The summed E-state index contributed by atoms with van der Waals surface area (Å²) in [5.41, 5.74) is -2.17. The van der Waals surface area contributed by atoms with Crippen LogP contribution in [0.4, 0.5) is 23.2 Å². The van der Waals surface area contributed by atoms with Gasteiger partial charge in [0.1, 0.15) is 11.4 Å². The molecule has 1 atom stereocenters. The highest BCUT2D eigenvalue weighted by atomic mass is 35.5. The third-order valence-corrected chi connectivity index (χ3v) is 6.54. The highest BCUT2D eigenvalue weighted by Crippen LogP contribution is 2.44. The van der Waals surface area contributed by atoms with E-state index in [0.29, 0.717) is 0 Å². The number of carboxylic acid groups (broad SMARTS) is 1. The van der Waals surface area contributed by atoms with E-state index < -0.39 is 46.3 Å². The molecule has 2 fully saturated rings. The summed E-state index contributed by atoms with van der Waals surface area (Å²) in [5, 5.41) is 11.0. The Hall–Kier alpha value is -2.82. The second-order valence-corrected chi connectivity index (χ2v) is 9.50. The zero-order valence-corrected chi connectivity index (χ0v) is 18.3. The lowest BCUT2D eigenvalue weighted by Gasteiger charge is -2.26. The first kappa shape index (κ1) is 23.3. The molecule has 2 N–H and O–H groups in total. The average Bonchev–Trinajstić information content (AvgIpc) is 3.47. The van der Waals surface area contributed by atoms with E-state index in [1.807, 2.05) is 5.32 Å². The summed E-state index contributed by atoms with van der Waals surface area (Å²) in [6, 6.07) is -0.132. The molecule has 2 heterocycles. The summed E-state index contributed by atoms with van der Waals surface area (Å²) in [7, 11) is 0. The standard InChI is InChI=1S/C21H20ClF4N3O4/c1-20(2)8-28(7-13(20)27-19(33)21(24,25)26)16-12(23)5-10-15(14(16)22)29(9-3-4-9)6-11(17(10)30)18(31)32/h5-6,9,13H,3-4,7-8H2,1-2H3,(H,27,33)(H,31,32). The van der Waals surface area contributed by atoms with Crippen molar-refractivity contribution >= 4 is 40.1 Å². The highest BCUT2D eigenvalue weighted by Gasteiger charge is 2.47. The maximum absolute atomic E-state index is 15.2. The van der Waals surface area contributed by atoms with Gasteiger partial charge in [0, 0.05) is 30.7 Å². The Bertz CT molecular complexity index is 1240. The lowest BCUT2D eigenvalue weighted by atomic mass is 9.88. The molecule has 1 aromatic carbocycles. The fourth-order valence-electron chi connectivity index (χ4n) is 4.30. The van der Waals surface area contributed by atoms with E-state index in [9.17, 15) is 32.7 Å². The SMILES string of the molecule is CC1(C)CN(c2c(F)cc3c(=O)c(C(=O)O)cn(C4CC4)c3c2Cl)CC1NC(=O)C(F)(F)F. The van der Waals surface area contributed by atoms with Crippen molar-refractivity contribution in [1.82, 2.24) is 9.88 Å². The molecule has 1 unspecified atom stereocenters. The highest BCUT2D eigenvalue weighted by molar-refractivity contribution is 6.38. The number of benzene rings is 1. The van der Waals surface area contributed by atoms with Gasteiger partial charge in [-0.1, -0.05) is 25.4 Å². The van der Waals surface area contributed by atoms with Gasteiger partial charge in [-0.05, 0) is 18.9 Å². The number of hydrogen-bond acceptors (Lipinski definition) is 4. The van der Waals surface area contributed by atoms with Crippen LogP contribution < -0.4 is 15.6 Å². The zero-order valence-electron chi connectivity index (χ0n) is 17.6. The molecule has 0 radical (unpaired) electrons. The largest absolute Gasteiger partial charge is 0.477 e. The van der Waals surface area contributed by atoms with E-state index in [1.165, 1.54) is 11.1 Å². The molecule has 2 aromatic rings. The number of nitrogens with one attached hydrogen (secondary N) is 1. The lowest BCUT2D eigenvalue weighted by molar-refractivity contribution is -0.174. The Balaban J connectivity index is 1.82. The third kappa shape index (κ3) is 4.03. The van der Waals surface area contributed by atoms with Crippen LogP contribution in [0, 0.1) is 11.2 Å². The molecule has 7 nitrogen and oxygen atoms in total. The number of alkyl halides is 3. The number of carbonyl (C=O) groups excluding carboxylic acids is 1. The molecule has 2 aliphatic rings. The van der Waals surface area contributed by atoms with Crippen molar-refractivity contribution < 1.29 is 32.3 Å². The number of pyridine rings is 1. The Morgan fingerprint density at radius 1 is 1.27 bits per heavy atom. The molecule has 1 aromatic heterocycles. The molecule has 178 valence electrons. The smallest absolute Gasteiger partial charge is 0.471 e. The molecule has 1 aliphatic carbocycles. The number of anilines is 1. The predicted molar refractivity (Wildman–Crippen MR) is 112 cm³/mol. The average molecular weight is 490 g/mol. The number of carboxylic acids is 1. The number of amides is 1. The first-order chi connectivity index (χ1) is 15.2. The molecule has 1 amide bonds.